The van der Waals surface area contributed by atoms with E-state index in [0.29, 0.717) is 6.04 Å². The molecule has 2 aromatic carbocycles. The third-order valence-corrected chi connectivity index (χ3v) is 12.8. The van der Waals surface area contributed by atoms with E-state index in [1.54, 1.807) is 0 Å². The molecule has 6 atom stereocenters. The van der Waals surface area contributed by atoms with Crippen molar-refractivity contribution < 1.29 is 0 Å². The highest BCUT2D eigenvalue weighted by atomic mass is 15.2. The van der Waals surface area contributed by atoms with Gasteiger partial charge in [-0.2, -0.15) is 0 Å². The summed E-state index contributed by atoms with van der Waals surface area (Å²) in [7, 11) is 0. The number of pyridine rings is 2. The molecule has 0 aliphatic heterocycles. The van der Waals surface area contributed by atoms with Gasteiger partial charge in [0.2, 0.25) is 0 Å². The van der Waals surface area contributed by atoms with Gasteiger partial charge in [-0.3, -0.25) is 19.8 Å². The molecule has 6 aromatic rings. The maximum atomic E-state index is 6.34. The normalized spacial score (nSPS) is 24.9. The number of aromatic amines is 2. The Morgan fingerprint density at radius 3 is 1.98 bits per heavy atom. The summed E-state index contributed by atoms with van der Waals surface area (Å²) in [6, 6.07) is 22.8. The molecule has 0 unspecified atom stereocenters. The topological polar surface area (TPSA) is 142 Å². The summed E-state index contributed by atoms with van der Waals surface area (Å²) in [6.45, 7) is 1.45. The summed E-state index contributed by atoms with van der Waals surface area (Å²) in [5.41, 5.74) is 24.4. The van der Waals surface area contributed by atoms with E-state index in [9.17, 15) is 0 Å². The van der Waals surface area contributed by atoms with Crippen molar-refractivity contribution in [3.8, 4) is 11.1 Å². The number of hydrogen-bond donors (Lipinski definition) is 4. The maximum absolute atomic E-state index is 6.34. The standard InChI is InChI=1S/C46H52N10/c47-31-14-18-33(19-15-31)55(41-11-3-6-29-7-5-24-49-45(29)41)28-44-53-39-22-13-30(26-40(39)54-44)35-23-25-50-46-36(35)8-4-12-42(46)56(34-20-16-32(48)17-21-34)27-43-51-37-9-1-2-10-38(37)52-43/h1-2,5,7,9-10,13-14,16,18,20,22-26,31-34,41-42H,3-4,6,8,11-12,15,17,19,21,27-28,47-48H2,(H,51,52)(H,53,54)/t31-,32-,33-,34-,41-,42+/m0/s1. The van der Waals surface area contributed by atoms with Crippen LogP contribution in [0.5, 0.6) is 0 Å². The first kappa shape index (κ1) is 35.4. The summed E-state index contributed by atoms with van der Waals surface area (Å²) in [5, 5.41) is 0. The molecule has 4 heterocycles. The van der Waals surface area contributed by atoms with Gasteiger partial charge in [-0.1, -0.05) is 48.6 Å². The third-order valence-electron chi connectivity index (χ3n) is 12.8. The predicted octanol–water partition coefficient (Wildman–Crippen LogP) is 7.75. The van der Waals surface area contributed by atoms with Crippen LogP contribution in [0, 0.1) is 0 Å². The lowest BCUT2D eigenvalue weighted by molar-refractivity contribution is 0.118. The first-order valence-electron chi connectivity index (χ1n) is 20.8. The van der Waals surface area contributed by atoms with Crippen LogP contribution >= 0.6 is 0 Å². The number of nitrogens with one attached hydrogen (secondary N) is 2. The fraction of sp³-hybridized carbons (Fsp3) is 0.391. The average Bonchev–Trinajstić information content (AvgIpc) is 3.85. The van der Waals surface area contributed by atoms with Gasteiger partial charge in [0.15, 0.2) is 0 Å². The fourth-order valence-electron chi connectivity index (χ4n) is 10.0. The van der Waals surface area contributed by atoms with Crippen molar-refractivity contribution >= 4 is 22.1 Å². The van der Waals surface area contributed by atoms with Gasteiger partial charge >= 0.3 is 0 Å². The molecule has 0 amide bonds. The number of hydrogen-bond acceptors (Lipinski definition) is 8. The van der Waals surface area contributed by atoms with Crippen LogP contribution in [-0.2, 0) is 25.9 Å². The molecule has 0 fully saturated rings. The minimum atomic E-state index is 0.118. The first-order chi connectivity index (χ1) is 27.5. The predicted molar refractivity (Wildman–Crippen MR) is 222 cm³/mol. The van der Waals surface area contributed by atoms with Crippen LogP contribution in [0.25, 0.3) is 33.2 Å². The Bertz CT molecular complexity index is 2370. The summed E-state index contributed by atoms with van der Waals surface area (Å²) in [4.78, 5) is 32.9. The van der Waals surface area contributed by atoms with Crippen molar-refractivity contribution in [3.63, 3.8) is 0 Å². The molecule has 10 nitrogen and oxygen atoms in total. The van der Waals surface area contributed by atoms with Gasteiger partial charge in [0.25, 0.3) is 0 Å². The van der Waals surface area contributed by atoms with E-state index >= 15 is 0 Å². The van der Waals surface area contributed by atoms with Crippen LogP contribution in [-0.4, -0.2) is 63.9 Å². The Balaban J connectivity index is 0.964. The van der Waals surface area contributed by atoms with Gasteiger partial charge in [-0.15, -0.1) is 0 Å². The highest BCUT2D eigenvalue weighted by Crippen LogP contribution is 2.41. The molecular weight excluding hydrogens is 693 g/mol. The Hall–Kier alpha value is -5.00. The van der Waals surface area contributed by atoms with Crippen molar-refractivity contribution in [2.45, 2.75) is 114 Å². The summed E-state index contributed by atoms with van der Waals surface area (Å²) < 4.78 is 0. The summed E-state index contributed by atoms with van der Waals surface area (Å²) in [5.74, 6) is 1.98. The van der Waals surface area contributed by atoms with Crippen LogP contribution in [0.4, 0.5) is 0 Å². The molecule has 286 valence electrons. The molecule has 10 heteroatoms. The quantitative estimate of drug-likeness (QED) is 0.110. The van der Waals surface area contributed by atoms with Gasteiger partial charge in [0, 0.05) is 36.6 Å². The number of imidazole rings is 2. The maximum Gasteiger partial charge on any atom is 0.121 e. The Morgan fingerprint density at radius 1 is 0.607 bits per heavy atom. The average molecular weight is 745 g/mol. The van der Waals surface area contributed by atoms with E-state index in [2.05, 4.69) is 105 Å². The minimum absolute atomic E-state index is 0.118. The van der Waals surface area contributed by atoms with E-state index in [1.807, 2.05) is 12.4 Å². The molecular formula is C46H52N10. The van der Waals surface area contributed by atoms with Crippen molar-refractivity contribution in [2.24, 2.45) is 11.5 Å². The number of rotatable bonds is 9. The summed E-state index contributed by atoms with van der Waals surface area (Å²) in [6.07, 6.45) is 23.5. The zero-order valence-corrected chi connectivity index (χ0v) is 32.0. The molecule has 4 aliphatic carbocycles. The summed E-state index contributed by atoms with van der Waals surface area (Å²) >= 11 is 0. The SMILES string of the molecule is N[C@H]1C=C[C@H](N(Cc2nc3ccccc3[nH]2)[C@@H]2CCCc3c(-c4ccc5nc(CN([C@H]6C=C[C@H](N)CC6)[C@H]6CCCc7cccnc76)[nH]c5c4)ccnc32)CC1. The van der Waals surface area contributed by atoms with Crippen LogP contribution in [0.2, 0.25) is 0 Å². The van der Waals surface area contributed by atoms with Crippen LogP contribution in [0.15, 0.2) is 97.4 Å². The van der Waals surface area contributed by atoms with Crippen molar-refractivity contribution in [3.05, 3.63) is 132 Å². The molecule has 6 N–H and O–H groups in total. The van der Waals surface area contributed by atoms with E-state index in [1.165, 1.54) is 40.1 Å². The second kappa shape index (κ2) is 15.2. The molecule has 0 radical (unpaired) electrons. The lowest BCUT2D eigenvalue weighted by Crippen LogP contribution is -2.41. The highest BCUT2D eigenvalue weighted by molar-refractivity contribution is 5.83. The van der Waals surface area contributed by atoms with Gasteiger partial charge in [-0.05, 0) is 123 Å². The van der Waals surface area contributed by atoms with Crippen molar-refractivity contribution in [2.75, 3.05) is 0 Å². The second-order valence-electron chi connectivity index (χ2n) is 16.4. The number of fused-ring (bicyclic) bond motifs is 4. The molecule has 0 spiro atoms. The van der Waals surface area contributed by atoms with Gasteiger partial charge in [0.1, 0.15) is 11.6 Å². The number of H-pyrrole nitrogens is 2. The molecule has 4 aromatic heterocycles. The largest absolute Gasteiger partial charge is 0.341 e. The third kappa shape index (κ3) is 6.89. The number of nitrogens with two attached hydrogens (primary N) is 2. The molecule has 0 saturated carbocycles. The zero-order valence-electron chi connectivity index (χ0n) is 32.0. The number of aromatic nitrogens is 6. The van der Waals surface area contributed by atoms with E-state index in [-0.39, 0.29) is 30.2 Å². The van der Waals surface area contributed by atoms with Gasteiger partial charge in [0.05, 0.1) is 58.6 Å². The van der Waals surface area contributed by atoms with E-state index < -0.39 is 0 Å². The lowest BCUT2D eigenvalue weighted by atomic mass is 9.84. The van der Waals surface area contributed by atoms with E-state index in [4.69, 9.17) is 31.4 Å². The number of aryl methyl sites for hydroxylation is 1. The van der Waals surface area contributed by atoms with Gasteiger partial charge in [-0.25, -0.2) is 9.97 Å². The first-order valence-corrected chi connectivity index (χ1v) is 20.8. The Kier molecular flexibility index (Phi) is 9.59. The number of para-hydroxylation sites is 2. The number of nitrogens with zero attached hydrogens (tertiary/aromatic N) is 6. The van der Waals surface area contributed by atoms with Crippen LogP contribution in [0.3, 0.4) is 0 Å². The van der Waals surface area contributed by atoms with E-state index in [0.717, 1.165) is 105 Å². The molecule has 10 rings (SSSR count). The van der Waals surface area contributed by atoms with Crippen molar-refractivity contribution in [1.29, 1.82) is 0 Å². The van der Waals surface area contributed by atoms with Crippen molar-refractivity contribution in [1.82, 2.24) is 39.7 Å². The smallest absolute Gasteiger partial charge is 0.121 e. The second-order valence-corrected chi connectivity index (χ2v) is 16.4. The Labute approximate surface area is 328 Å². The molecule has 4 aliphatic rings. The fourth-order valence-corrected chi connectivity index (χ4v) is 10.0. The zero-order chi connectivity index (χ0) is 37.6. The molecule has 56 heavy (non-hydrogen) atoms. The molecule has 0 bridgehead atoms. The lowest BCUT2D eigenvalue weighted by Gasteiger charge is -2.40. The van der Waals surface area contributed by atoms with Crippen LogP contribution in [0.1, 0.15) is 97.6 Å². The highest BCUT2D eigenvalue weighted by Gasteiger charge is 2.35. The number of benzene rings is 2. The van der Waals surface area contributed by atoms with Gasteiger partial charge < -0.3 is 21.4 Å². The Morgan fingerprint density at radius 2 is 1.27 bits per heavy atom. The van der Waals surface area contributed by atoms with Crippen LogP contribution < -0.4 is 11.5 Å². The minimum Gasteiger partial charge on any atom is -0.341 e. The molecule has 0 saturated heterocycles. The monoisotopic (exact) mass is 744 g/mol.